The number of morpholine rings is 1. The highest BCUT2D eigenvalue weighted by molar-refractivity contribution is 4.82. The lowest BCUT2D eigenvalue weighted by molar-refractivity contribution is -0.0370. The Morgan fingerprint density at radius 1 is 1.53 bits per heavy atom. The minimum absolute atomic E-state index is 0.299. The zero-order valence-corrected chi connectivity index (χ0v) is 12.2. The second-order valence-corrected chi connectivity index (χ2v) is 5.37. The van der Waals surface area contributed by atoms with Gasteiger partial charge in [-0.1, -0.05) is 0 Å². The lowest BCUT2D eigenvalue weighted by Crippen LogP contribution is -2.49. The first-order valence-corrected chi connectivity index (χ1v) is 7.06. The van der Waals surface area contributed by atoms with Crippen molar-refractivity contribution in [1.82, 2.24) is 25.0 Å². The maximum absolute atomic E-state index is 5.78. The quantitative estimate of drug-likeness (QED) is 0.739. The van der Waals surface area contributed by atoms with Gasteiger partial charge in [0, 0.05) is 45.7 Å². The van der Waals surface area contributed by atoms with Crippen LogP contribution < -0.4 is 5.32 Å². The van der Waals surface area contributed by atoms with E-state index in [1.54, 1.807) is 11.0 Å². The zero-order valence-electron chi connectivity index (χ0n) is 12.2. The molecule has 0 saturated carbocycles. The number of aromatic nitrogens is 3. The monoisotopic (exact) mass is 267 g/mol. The Hall–Kier alpha value is -0.980. The number of nitrogens with zero attached hydrogens (tertiary/aromatic N) is 4. The van der Waals surface area contributed by atoms with Crippen molar-refractivity contribution in [3.8, 4) is 0 Å². The van der Waals surface area contributed by atoms with Crippen molar-refractivity contribution in [3.05, 3.63) is 12.2 Å². The highest BCUT2D eigenvalue weighted by Gasteiger charge is 2.21. The fourth-order valence-electron chi connectivity index (χ4n) is 2.30. The molecule has 2 rings (SSSR count). The van der Waals surface area contributed by atoms with E-state index in [1.807, 2.05) is 7.05 Å². The summed E-state index contributed by atoms with van der Waals surface area (Å²) in [6, 6.07) is 0.601. The van der Waals surface area contributed by atoms with E-state index >= 15 is 0 Å². The first kappa shape index (κ1) is 14.4. The maximum Gasteiger partial charge on any atom is 0.151 e. The summed E-state index contributed by atoms with van der Waals surface area (Å²) in [5.74, 6) is 0.892. The molecule has 2 heterocycles. The molecule has 0 amide bonds. The van der Waals surface area contributed by atoms with Crippen LogP contribution in [0.1, 0.15) is 19.7 Å². The molecule has 1 aromatic heterocycles. The summed E-state index contributed by atoms with van der Waals surface area (Å²) in [5, 5.41) is 7.69. The van der Waals surface area contributed by atoms with Gasteiger partial charge in [0.1, 0.15) is 6.33 Å². The first-order chi connectivity index (χ1) is 9.15. The molecule has 1 aromatic rings. The SMILES string of the molecule is CC(C)N1CCOC(CNCCc2ncn(C)n2)C1. The molecule has 1 saturated heterocycles. The minimum Gasteiger partial charge on any atom is -0.374 e. The van der Waals surface area contributed by atoms with Gasteiger partial charge in [0.05, 0.1) is 12.7 Å². The van der Waals surface area contributed by atoms with Crippen LogP contribution in [0.3, 0.4) is 0 Å². The topological polar surface area (TPSA) is 55.2 Å². The van der Waals surface area contributed by atoms with E-state index in [1.165, 1.54) is 0 Å². The highest BCUT2D eigenvalue weighted by atomic mass is 16.5. The Balaban J connectivity index is 1.62. The standard InChI is InChI=1S/C13H25N5O/c1-11(2)18-6-7-19-12(9-18)8-14-5-4-13-15-10-17(3)16-13/h10-12,14H,4-9H2,1-3H3. The fraction of sp³-hybridized carbons (Fsp3) is 0.846. The van der Waals surface area contributed by atoms with Crippen molar-refractivity contribution in [2.24, 2.45) is 7.05 Å². The molecule has 1 atom stereocenters. The highest BCUT2D eigenvalue weighted by Crippen LogP contribution is 2.07. The summed E-state index contributed by atoms with van der Waals surface area (Å²) in [7, 11) is 1.89. The van der Waals surface area contributed by atoms with Crippen LogP contribution >= 0.6 is 0 Å². The van der Waals surface area contributed by atoms with Crippen molar-refractivity contribution in [3.63, 3.8) is 0 Å². The van der Waals surface area contributed by atoms with E-state index in [0.29, 0.717) is 12.1 Å². The first-order valence-electron chi connectivity index (χ1n) is 7.06. The number of ether oxygens (including phenoxy) is 1. The maximum atomic E-state index is 5.78. The molecule has 0 aromatic carbocycles. The molecule has 0 spiro atoms. The predicted octanol–water partition coefficient (Wildman–Crippen LogP) is 0.0564. The van der Waals surface area contributed by atoms with E-state index in [2.05, 4.69) is 34.1 Å². The number of nitrogens with one attached hydrogen (secondary N) is 1. The largest absolute Gasteiger partial charge is 0.374 e. The van der Waals surface area contributed by atoms with Crippen molar-refractivity contribution in [2.75, 3.05) is 32.8 Å². The molecule has 0 radical (unpaired) electrons. The van der Waals surface area contributed by atoms with Crippen LogP contribution in [-0.2, 0) is 18.2 Å². The van der Waals surface area contributed by atoms with Crippen molar-refractivity contribution < 1.29 is 4.74 Å². The Labute approximate surface area is 115 Å². The summed E-state index contributed by atoms with van der Waals surface area (Å²) in [6.07, 6.45) is 2.90. The van der Waals surface area contributed by atoms with E-state index in [4.69, 9.17) is 4.74 Å². The fourth-order valence-corrected chi connectivity index (χ4v) is 2.30. The van der Waals surface area contributed by atoms with E-state index in [9.17, 15) is 0 Å². The Kier molecular flexibility index (Phi) is 5.30. The van der Waals surface area contributed by atoms with Gasteiger partial charge in [-0.3, -0.25) is 9.58 Å². The molecule has 1 aliphatic heterocycles. The van der Waals surface area contributed by atoms with Crippen molar-refractivity contribution in [2.45, 2.75) is 32.4 Å². The van der Waals surface area contributed by atoms with Gasteiger partial charge in [0.2, 0.25) is 0 Å². The number of hydrogen-bond donors (Lipinski definition) is 1. The second kappa shape index (κ2) is 6.98. The van der Waals surface area contributed by atoms with Gasteiger partial charge >= 0.3 is 0 Å². The van der Waals surface area contributed by atoms with Gasteiger partial charge in [-0.25, -0.2) is 4.98 Å². The van der Waals surface area contributed by atoms with Gasteiger partial charge in [0.15, 0.2) is 5.82 Å². The number of aryl methyl sites for hydroxylation is 1. The predicted molar refractivity (Wildman–Crippen MR) is 74.0 cm³/mol. The lowest BCUT2D eigenvalue weighted by atomic mass is 10.2. The van der Waals surface area contributed by atoms with Crippen LogP contribution in [0.5, 0.6) is 0 Å². The van der Waals surface area contributed by atoms with Crippen molar-refractivity contribution >= 4 is 0 Å². The summed E-state index contributed by atoms with van der Waals surface area (Å²) in [4.78, 5) is 6.68. The molecule has 1 aliphatic rings. The Bertz CT molecular complexity index is 379. The zero-order chi connectivity index (χ0) is 13.7. The molecule has 1 N–H and O–H groups in total. The molecule has 0 bridgehead atoms. The van der Waals surface area contributed by atoms with E-state index in [-0.39, 0.29) is 0 Å². The van der Waals surface area contributed by atoms with Crippen LogP contribution in [-0.4, -0.2) is 64.6 Å². The van der Waals surface area contributed by atoms with Gasteiger partial charge in [-0.05, 0) is 13.8 Å². The molecule has 1 unspecified atom stereocenters. The van der Waals surface area contributed by atoms with Gasteiger partial charge in [0.25, 0.3) is 0 Å². The molecule has 1 fully saturated rings. The molecular formula is C13H25N5O. The van der Waals surface area contributed by atoms with Crippen LogP contribution in [0.4, 0.5) is 0 Å². The third-order valence-corrected chi connectivity index (χ3v) is 3.44. The van der Waals surface area contributed by atoms with Crippen LogP contribution in [0.2, 0.25) is 0 Å². The second-order valence-electron chi connectivity index (χ2n) is 5.37. The Morgan fingerprint density at radius 2 is 2.37 bits per heavy atom. The van der Waals surface area contributed by atoms with Crippen molar-refractivity contribution in [1.29, 1.82) is 0 Å². The normalized spacial score (nSPS) is 21.2. The van der Waals surface area contributed by atoms with E-state index in [0.717, 1.165) is 45.0 Å². The smallest absolute Gasteiger partial charge is 0.151 e. The average Bonchev–Trinajstić information content (AvgIpc) is 2.81. The number of rotatable bonds is 6. The molecule has 19 heavy (non-hydrogen) atoms. The molecule has 6 heteroatoms. The minimum atomic E-state index is 0.299. The van der Waals surface area contributed by atoms with Gasteiger partial charge in [-0.15, -0.1) is 0 Å². The molecular weight excluding hydrogens is 242 g/mol. The third kappa shape index (κ3) is 4.56. The average molecular weight is 267 g/mol. The summed E-state index contributed by atoms with van der Waals surface area (Å²) < 4.78 is 7.51. The van der Waals surface area contributed by atoms with E-state index < -0.39 is 0 Å². The lowest BCUT2D eigenvalue weighted by Gasteiger charge is -2.35. The van der Waals surface area contributed by atoms with Crippen LogP contribution in [0, 0.1) is 0 Å². The number of hydrogen-bond acceptors (Lipinski definition) is 5. The van der Waals surface area contributed by atoms with Crippen LogP contribution in [0.15, 0.2) is 6.33 Å². The molecule has 108 valence electrons. The van der Waals surface area contributed by atoms with Gasteiger partial charge in [-0.2, -0.15) is 5.10 Å². The van der Waals surface area contributed by atoms with Gasteiger partial charge < -0.3 is 10.1 Å². The Morgan fingerprint density at radius 3 is 3.05 bits per heavy atom. The summed E-state index contributed by atoms with van der Waals surface area (Å²) in [5.41, 5.74) is 0. The molecule has 0 aliphatic carbocycles. The van der Waals surface area contributed by atoms with Crippen LogP contribution in [0.25, 0.3) is 0 Å². The summed E-state index contributed by atoms with van der Waals surface area (Å²) >= 11 is 0. The summed E-state index contributed by atoms with van der Waals surface area (Å²) in [6.45, 7) is 9.18. The third-order valence-electron chi connectivity index (χ3n) is 3.44. The molecule has 6 nitrogen and oxygen atoms in total.